The van der Waals surface area contributed by atoms with E-state index in [1.807, 2.05) is 19.9 Å². The largest absolute Gasteiger partial charge is 0.508 e. The Kier molecular flexibility index (Phi) is 6.32. The van der Waals surface area contributed by atoms with Crippen LogP contribution < -0.4 is 10.2 Å². The molecule has 4 rings (SSSR count). The van der Waals surface area contributed by atoms with Crippen molar-refractivity contribution in [3.63, 3.8) is 0 Å². The van der Waals surface area contributed by atoms with E-state index in [4.69, 9.17) is 9.15 Å². The number of benzene rings is 3. The molecule has 34 heavy (non-hydrogen) atoms. The molecule has 3 aromatic carbocycles. The summed E-state index contributed by atoms with van der Waals surface area (Å²) in [7, 11) is 1.56. The Morgan fingerprint density at radius 2 is 1.62 bits per heavy atom. The molecule has 0 aliphatic heterocycles. The number of phenolic OH excluding ortho intramolecular Hbond substituents is 3. The van der Waals surface area contributed by atoms with Gasteiger partial charge in [0, 0.05) is 17.5 Å². The maximum absolute atomic E-state index is 13.6. The second kappa shape index (κ2) is 9.35. The molecule has 0 aliphatic carbocycles. The highest BCUT2D eigenvalue weighted by molar-refractivity contribution is 5.92. The molecule has 1 heterocycles. The van der Waals surface area contributed by atoms with Gasteiger partial charge in [-0.3, -0.25) is 4.79 Å². The second-order valence-electron chi connectivity index (χ2n) is 8.39. The third-order valence-electron chi connectivity index (χ3n) is 5.79. The average molecular weight is 459 g/mol. The van der Waals surface area contributed by atoms with Crippen LogP contribution in [0.3, 0.4) is 0 Å². The summed E-state index contributed by atoms with van der Waals surface area (Å²) in [6.45, 7) is 3.84. The molecule has 1 aromatic heterocycles. The first kappa shape index (κ1) is 23.0. The standard InChI is InChI=1S/C28H26O6/c1-16(2)4-13-21-25(30)22(14-17-5-9-19(29)10-6-17)28-24(26(21)31)27(32)23(15-34-28)18-7-11-20(33-3)12-8-18/h4-12,15,29-31H,13-14H2,1-3H3. The summed E-state index contributed by atoms with van der Waals surface area (Å²) in [5.41, 5.74) is 3.12. The van der Waals surface area contributed by atoms with Gasteiger partial charge in [0.2, 0.25) is 5.43 Å². The van der Waals surface area contributed by atoms with Gasteiger partial charge in [0.1, 0.15) is 40.2 Å². The highest BCUT2D eigenvalue weighted by atomic mass is 16.5. The number of fused-ring (bicyclic) bond motifs is 1. The van der Waals surface area contributed by atoms with E-state index in [0.717, 1.165) is 11.1 Å². The lowest BCUT2D eigenvalue weighted by Crippen LogP contribution is -2.08. The molecule has 0 unspecified atom stereocenters. The molecule has 174 valence electrons. The summed E-state index contributed by atoms with van der Waals surface area (Å²) >= 11 is 0. The Bertz CT molecular complexity index is 1420. The number of rotatable bonds is 6. The smallest absolute Gasteiger partial charge is 0.204 e. The lowest BCUT2D eigenvalue weighted by Gasteiger charge is -2.15. The van der Waals surface area contributed by atoms with Crippen LogP contribution in [0.5, 0.6) is 23.0 Å². The normalized spacial score (nSPS) is 10.9. The van der Waals surface area contributed by atoms with Gasteiger partial charge in [0.15, 0.2) is 0 Å². The van der Waals surface area contributed by atoms with Crippen molar-refractivity contribution < 1.29 is 24.5 Å². The van der Waals surface area contributed by atoms with Crippen molar-refractivity contribution in [2.45, 2.75) is 26.7 Å². The fourth-order valence-corrected chi connectivity index (χ4v) is 3.91. The Hall–Kier alpha value is -4.19. The first-order valence-electron chi connectivity index (χ1n) is 10.9. The van der Waals surface area contributed by atoms with Crippen LogP contribution in [0.1, 0.15) is 30.5 Å². The van der Waals surface area contributed by atoms with E-state index in [2.05, 4.69) is 0 Å². The van der Waals surface area contributed by atoms with Crippen LogP contribution in [0.25, 0.3) is 22.1 Å². The van der Waals surface area contributed by atoms with Gasteiger partial charge in [-0.25, -0.2) is 0 Å². The summed E-state index contributed by atoms with van der Waals surface area (Å²) in [6, 6.07) is 13.5. The summed E-state index contributed by atoms with van der Waals surface area (Å²) in [5, 5.41) is 31.8. The topological polar surface area (TPSA) is 100 Å². The molecule has 6 nitrogen and oxygen atoms in total. The van der Waals surface area contributed by atoms with Crippen molar-refractivity contribution in [3.05, 3.63) is 93.4 Å². The van der Waals surface area contributed by atoms with Crippen LogP contribution in [0, 0.1) is 0 Å². The zero-order chi connectivity index (χ0) is 24.4. The SMILES string of the molecule is COc1ccc(-c2coc3c(Cc4ccc(O)cc4)c(O)c(CC=C(C)C)c(O)c3c2=O)cc1. The Morgan fingerprint density at radius 3 is 2.24 bits per heavy atom. The summed E-state index contributed by atoms with van der Waals surface area (Å²) in [5.74, 6) is 0.379. The minimum Gasteiger partial charge on any atom is -0.508 e. The van der Waals surface area contributed by atoms with E-state index in [9.17, 15) is 20.1 Å². The molecular formula is C28H26O6. The number of aromatic hydroxyl groups is 3. The quantitative estimate of drug-likeness (QED) is 0.321. The van der Waals surface area contributed by atoms with E-state index in [1.54, 1.807) is 55.6 Å². The van der Waals surface area contributed by atoms with Crippen molar-refractivity contribution in [2.75, 3.05) is 7.11 Å². The molecule has 0 spiro atoms. The number of phenols is 3. The van der Waals surface area contributed by atoms with Gasteiger partial charge in [0.05, 0.1) is 12.7 Å². The van der Waals surface area contributed by atoms with Gasteiger partial charge >= 0.3 is 0 Å². The monoisotopic (exact) mass is 458 g/mol. The number of hydrogen-bond donors (Lipinski definition) is 3. The molecule has 0 aliphatic rings. The Balaban J connectivity index is 1.97. The Morgan fingerprint density at radius 1 is 0.941 bits per heavy atom. The van der Waals surface area contributed by atoms with Gasteiger partial charge in [0.25, 0.3) is 0 Å². The molecule has 0 atom stereocenters. The van der Waals surface area contributed by atoms with E-state index in [1.165, 1.54) is 6.26 Å². The molecule has 4 aromatic rings. The summed E-state index contributed by atoms with van der Waals surface area (Å²) < 4.78 is 11.1. The number of allylic oxidation sites excluding steroid dienone is 2. The number of methoxy groups -OCH3 is 1. The minimum absolute atomic E-state index is 0.0250. The van der Waals surface area contributed by atoms with Crippen molar-refractivity contribution >= 4 is 11.0 Å². The Labute approximate surface area is 197 Å². The van der Waals surface area contributed by atoms with Crippen molar-refractivity contribution in [1.29, 1.82) is 0 Å². The molecule has 0 saturated carbocycles. The van der Waals surface area contributed by atoms with E-state index >= 15 is 0 Å². The van der Waals surface area contributed by atoms with Crippen LogP contribution in [-0.4, -0.2) is 22.4 Å². The van der Waals surface area contributed by atoms with Crippen LogP contribution in [-0.2, 0) is 12.8 Å². The lowest BCUT2D eigenvalue weighted by atomic mass is 9.94. The van der Waals surface area contributed by atoms with Crippen LogP contribution in [0.4, 0.5) is 0 Å². The van der Waals surface area contributed by atoms with Crippen molar-refractivity contribution in [2.24, 2.45) is 0 Å². The highest BCUT2D eigenvalue weighted by Gasteiger charge is 2.24. The minimum atomic E-state index is -0.394. The molecular weight excluding hydrogens is 432 g/mol. The maximum Gasteiger partial charge on any atom is 0.204 e. The molecule has 0 amide bonds. The van der Waals surface area contributed by atoms with Crippen LogP contribution >= 0.6 is 0 Å². The molecule has 0 fully saturated rings. The lowest BCUT2D eigenvalue weighted by molar-refractivity contribution is 0.415. The van der Waals surface area contributed by atoms with Crippen LogP contribution in [0.15, 0.2) is 75.7 Å². The third-order valence-corrected chi connectivity index (χ3v) is 5.79. The van der Waals surface area contributed by atoms with E-state index in [0.29, 0.717) is 22.4 Å². The van der Waals surface area contributed by atoms with Gasteiger partial charge in [-0.05, 0) is 55.7 Å². The fraction of sp³-hybridized carbons (Fsp3) is 0.179. The number of ether oxygens (including phenoxy) is 1. The molecule has 3 N–H and O–H groups in total. The fourth-order valence-electron chi connectivity index (χ4n) is 3.91. The third kappa shape index (κ3) is 4.35. The predicted octanol–water partition coefficient (Wildman–Crippen LogP) is 5.68. The molecule has 6 heteroatoms. The second-order valence-corrected chi connectivity index (χ2v) is 8.39. The van der Waals surface area contributed by atoms with Gasteiger partial charge < -0.3 is 24.5 Å². The van der Waals surface area contributed by atoms with E-state index < -0.39 is 5.43 Å². The summed E-state index contributed by atoms with van der Waals surface area (Å²) in [4.78, 5) is 13.6. The zero-order valence-electron chi connectivity index (χ0n) is 19.3. The maximum atomic E-state index is 13.6. The highest BCUT2D eigenvalue weighted by Crippen LogP contribution is 2.41. The van der Waals surface area contributed by atoms with Crippen molar-refractivity contribution in [1.82, 2.24) is 0 Å². The first-order chi connectivity index (χ1) is 16.3. The number of hydrogen-bond acceptors (Lipinski definition) is 6. The molecule has 0 saturated heterocycles. The van der Waals surface area contributed by atoms with Crippen molar-refractivity contribution in [3.8, 4) is 34.1 Å². The molecule has 0 radical (unpaired) electrons. The van der Waals surface area contributed by atoms with Gasteiger partial charge in [-0.1, -0.05) is 35.9 Å². The van der Waals surface area contributed by atoms with Crippen LogP contribution in [0.2, 0.25) is 0 Å². The first-order valence-corrected chi connectivity index (χ1v) is 10.9. The molecule has 0 bridgehead atoms. The van der Waals surface area contributed by atoms with Gasteiger partial charge in [-0.2, -0.15) is 0 Å². The summed E-state index contributed by atoms with van der Waals surface area (Å²) in [6.07, 6.45) is 3.72. The predicted molar refractivity (Wildman–Crippen MR) is 132 cm³/mol. The zero-order valence-corrected chi connectivity index (χ0v) is 19.3. The average Bonchev–Trinajstić information content (AvgIpc) is 2.82. The van der Waals surface area contributed by atoms with Gasteiger partial charge in [-0.15, -0.1) is 0 Å². The van der Waals surface area contributed by atoms with E-state index in [-0.39, 0.29) is 46.6 Å².